The Morgan fingerprint density at radius 1 is 1.54 bits per heavy atom. The molecule has 1 aromatic heterocycles. The lowest BCUT2D eigenvalue weighted by atomic mass is 10.5. The van der Waals surface area contributed by atoms with E-state index in [9.17, 15) is 4.79 Å². The molecule has 1 aromatic rings. The number of ether oxygens (including phenoxy) is 1. The van der Waals surface area contributed by atoms with Crippen LogP contribution < -0.4 is 4.74 Å². The minimum atomic E-state index is -0.0781. The van der Waals surface area contributed by atoms with Gasteiger partial charge in [0.25, 0.3) is 5.91 Å². The van der Waals surface area contributed by atoms with Gasteiger partial charge >= 0.3 is 0 Å². The summed E-state index contributed by atoms with van der Waals surface area (Å²) in [5.74, 6) is 0.392. The van der Waals surface area contributed by atoms with E-state index in [1.165, 1.54) is 4.90 Å². The zero-order valence-corrected chi connectivity index (χ0v) is 7.73. The number of hydrogen-bond acceptors (Lipinski definition) is 3. The van der Waals surface area contributed by atoms with Crippen molar-refractivity contribution in [2.24, 2.45) is 0 Å². The average Bonchev–Trinajstić information content (AvgIpc) is 2.15. The maximum absolute atomic E-state index is 11.1. The highest BCUT2D eigenvalue weighted by molar-refractivity contribution is 5.77. The van der Waals surface area contributed by atoms with Gasteiger partial charge in [-0.05, 0) is 6.07 Å². The number of carbonyl (C=O) groups is 1. The first-order chi connectivity index (χ1) is 6.20. The van der Waals surface area contributed by atoms with Crippen LogP contribution in [0, 0.1) is 0 Å². The molecule has 70 valence electrons. The van der Waals surface area contributed by atoms with Crippen LogP contribution in [0.3, 0.4) is 0 Å². The number of rotatable bonds is 3. The smallest absolute Gasteiger partial charge is 0.260 e. The number of hydrogen-bond donors (Lipinski definition) is 0. The Hall–Kier alpha value is -1.58. The van der Waals surface area contributed by atoms with Gasteiger partial charge in [0.2, 0.25) is 5.88 Å². The van der Waals surface area contributed by atoms with E-state index in [4.69, 9.17) is 4.74 Å². The lowest BCUT2D eigenvalue weighted by Gasteiger charge is -2.10. The monoisotopic (exact) mass is 180 g/mol. The molecule has 0 unspecified atom stereocenters. The van der Waals surface area contributed by atoms with Gasteiger partial charge in [0.1, 0.15) is 0 Å². The number of carbonyl (C=O) groups excluding carboxylic acids is 1. The first kappa shape index (κ1) is 9.51. The van der Waals surface area contributed by atoms with Gasteiger partial charge in [0.15, 0.2) is 6.61 Å². The topological polar surface area (TPSA) is 42.4 Å². The molecule has 4 heteroatoms. The Bertz CT molecular complexity index is 272. The maximum Gasteiger partial charge on any atom is 0.260 e. The van der Waals surface area contributed by atoms with Crippen molar-refractivity contribution >= 4 is 5.91 Å². The molecule has 0 aliphatic heterocycles. The lowest BCUT2D eigenvalue weighted by molar-refractivity contribution is -0.130. The van der Waals surface area contributed by atoms with Crippen molar-refractivity contribution in [2.75, 3.05) is 20.7 Å². The molecule has 1 heterocycles. The summed E-state index contributed by atoms with van der Waals surface area (Å²) in [7, 11) is 3.37. The molecule has 0 atom stereocenters. The summed E-state index contributed by atoms with van der Waals surface area (Å²) in [6, 6.07) is 5.31. The number of likely N-dealkylation sites (N-methyl/N-ethyl adjacent to an activating group) is 1. The Morgan fingerprint density at radius 3 is 2.85 bits per heavy atom. The third kappa shape index (κ3) is 3.11. The third-order valence-corrected chi connectivity index (χ3v) is 1.48. The predicted octanol–water partition coefficient (Wildman–Crippen LogP) is 0.549. The van der Waals surface area contributed by atoms with Crippen molar-refractivity contribution in [3.63, 3.8) is 0 Å². The molecular formula is C9H12N2O2. The molecule has 0 radical (unpaired) electrons. The number of amides is 1. The van der Waals surface area contributed by atoms with Crippen LogP contribution in [0.2, 0.25) is 0 Å². The first-order valence-electron chi connectivity index (χ1n) is 3.94. The summed E-state index contributed by atoms with van der Waals surface area (Å²) in [5.41, 5.74) is 0. The van der Waals surface area contributed by atoms with Crippen molar-refractivity contribution in [1.29, 1.82) is 0 Å². The normalized spacial score (nSPS) is 9.38. The fourth-order valence-electron chi connectivity index (χ4n) is 0.697. The van der Waals surface area contributed by atoms with Gasteiger partial charge in [0, 0.05) is 26.4 Å². The van der Waals surface area contributed by atoms with Crippen molar-refractivity contribution in [1.82, 2.24) is 9.88 Å². The molecule has 0 fully saturated rings. The molecule has 13 heavy (non-hydrogen) atoms. The van der Waals surface area contributed by atoms with E-state index in [-0.39, 0.29) is 12.5 Å². The summed E-state index contributed by atoms with van der Waals surface area (Å²) in [6.07, 6.45) is 1.62. The fourth-order valence-corrected chi connectivity index (χ4v) is 0.697. The summed E-state index contributed by atoms with van der Waals surface area (Å²) < 4.78 is 5.13. The molecule has 1 amide bonds. The SMILES string of the molecule is CN(C)C(=O)COc1ccccn1. The molecule has 1 rings (SSSR count). The Labute approximate surface area is 77.1 Å². The van der Waals surface area contributed by atoms with E-state index in [1.807, 2.05) is 6.07 Å². The van der Waals surface area contributed by atoms with Gasteiger partial charge in [0.05, 0.1) is 0 Å². The molecular weight excluding hydrogens is 168 g/mol. The van der Waals surface area contributed by atoms with Crippen LogP contribution >= 0.6 is 0 Å². The number of pyridine rings is 1. The van der Waals surface area contributed by atoms with Crippen LogP contribution in [-0.2, 0) is 4.79 Å². The summed E-state index contributed by atoms with van der Waals surface area (Å²) in [6.45, 7) is 0.0318. The van der Waals surface area contributed by atoms with E-state index in [0.29, 0.717) is 5.88 Å². The summed E-state index contributed by atoms with van der Waals surface area (Å²) in [5, 5.41) is 0. The molecule has 0 N–H and O–H groups in total. The molecule has 0 bridgehead atoms. The Kier molecular flexibility index (Phi) is 3.25. The van der Waals surface area contributed by atoms with Crippen molar-refractivity contribution in [2.45, 2.75) is 0 Å². The summed E-state index contributed by atoms with van der Waals surface area (Å²) >= 11 is 0. The first-order valence-corrected chi connectivity index (χ1v) is 3.94. The second-order valence-corrected chi connectivity index (χ2v) is 2.74. The van der Waals surface area contributed by atoms with Gasteiger partial charge < -0.3 is 9.64 Å². The quantitative estimate of drug-likeness (QED) is 0.682. The molecule has 4 nitrogen and oxygen atoms in total. The standard InChI is InChI=1S/C9H12N2O2/c1-11(2)9(12)7-13-8-5-3-4-6-10-8/h3-6H,7H2,1-2H3. The molecule has 0 aromatic carbocycles. The van der Waals surface area contributed by atoms with Crippen LogP contribution in [0.15, 0.2) is 24.4 Å². The zero-order chi connectivity index (χ0) is 9.68. The second kappa shape index (κ2) is 4.45. The average molecular weight is 180 g/mol. The number of aromatic nitrogens is 1. The Balaban J connectivity index is 2.40. The van der Waals surface area contributed by atoms with Gasteiger partial charge in [-0.2, -0.15) is 0 Å². The minimum Gasteiger partial charge on any atom is -0.468 e. The van der Waals surface area contributed by atoms with E-state index >= 15 is 0 Å². The van der Waals surface area contributed by atoms with E-state index in [2.05, 4.69) is 4.98 Å². The lowest BCUT2D eigenvalue weighted by Crippen LogP contribution is -2.27. The van der Waals surface area contributed by atoms with Crippen LogP contribution in [0.1, 0.15) is 0 Å². The third-order valence-electron chi connectivity index (χ3n) is 1.48. The van der Waals surface area contributed by atoms with Crippen molar-refractivity contribution in [3.05, 3.63) is 24.4 Å². The van der Waals surface area contributed by atoms with Gasteiger partial charge in [-0.15, -0.1) is 0 Å². The molecule has 0 aliphatic carbocycles. The second-order valence-electron chi connectivity index (χ2n) is 2.74. The highest BCUT2D eigenvalue weighted by Crippen LogP contribution is 2.02. The van der Waals surface area contributed by atoms with Gasteiger partial charge in [-0.1, -0.05) is 6.07 Å². The van der Waals surface area contributed by atoms with E-state index in [1.54, 1.807) is 32.4 Å². The van der Waals surface area contributed by atoms with Crippen LogP contribution in [-0.4, -0.2) is 36.5 Å². The zero-order valence-electron chi connectivity index (χ0n) is 7.73. The molecule has 0 saturated heterocycles. The molecule has 0 saturated carbocycles. The Morgan fingerprint density at radius 2 is 2.31 bits per heavy atom. The van der Waals surface area contributed by atoms with Crippen molar-refractivity contribution in [3.8, 4) is 5.88 Å². The van der Waals surface area contributed by atoms with Gasteiger partial charge in [-0.25, -0.2) is 4.98 Å². The van der Waals surface area contributed by atoms with E-state index in [0.717, 1.165) is 0 Å². The van der Waals surface area contributed by atoms with Crippen molar-refractivity contribution < 1.29 is 9.53 Å². The summed E-state index contributed by atoms with van der Waals surface area (Å²) in [4.78, 5) is 16.5. The highest BCUT2D eigenvalue weighted by Gasteiger charge is 2.04. The largest absolute Gasteiger partial charge is 0.468 e. The molecule has 0 spiro atoms. The van der Waals surface area contributed by atoms with Crippen LogP contribution in [0.4, 0.5) is 0 Å². The fraction of sp³-hybridized carbons (Fsp3) is 0.333. The predicted molar refractivity (Wildman–Crippen MR) is 48.4 cm³/mol. The van der Waals surface area contributed by atoms with E-state index < -0.39 is 0 Å². The highest BCUT2D eigenvalue weighted by atomic mass is 16.5. The van der Waals surface area contributed by atoms with Gasteiger partial charge in [-0.3, -0.25) is 4.79 Å². The molecule has 0 aliphatic rings. The maximum atomic E-state index is 11.1. The van der Waals surface area contributed by atoms with Crippen LogP contribution in [0.5, 0.6) is 5.88 Å². The number of nitrogens with zero attached hydrogens (tertiary/aromatic N) is 2. The van der Waals surface area contributed by atoms with Crippen LogP contribution in [0.25, 0.3) is 0 Å². The minimum absolute atomic E-state index is 0.0318.